The van der Waals surface area contributed by atoms with Crippen LogP contribution in [0.2, 0.25) is 10.0 Å². The lowest BCUT2D eigenvalue weighted by atomic mass is 10.4. The number of halogens is 2. The number of aryl methyl sites for hydroxylation is 1. The van der Waals surface area contributed by atoms with Gasteiger partial charge in [-0.3, -0.25) is 0 Å². The van der Waals surface area contributed by atoms with Gasteiger partial charge in [-0.25, -0.2) is 9.97 Å². The smallest absolute Gasteiger partial charge is 0.147 e. The molecule has 1 aliphatic carbocycles. The van der Waals surface area contributed by atoms with Crippen molar-refractivity contribution in [3.05, 3.63) is 40.1 Å². The third kappa shape index (κ3) is 2.80. The molecule has 3 atom stereocenters. The summed E-state index contributed by atoms with van der Waals surface area (Å²) >= 11 is 13.8. The van der Waals surface area contributed by atoms with E-state index in [1.807, 2.05) is 25.3 Å². The molecule has 1 aliphatic heterocycles. The molecular weight excluding hydrogens is 351 g/mol. The number of anilines is 1. The van der Waals surface area contributed by atoms with Gasteiger partial charge in [0.1, 0.15) is 10.8 Å². The summed E-state index contributed by atoms with van der Waals surface area (Å²) in [5.74, 6) is 2.20. The summed E-state index contributed by atoms with van der Waals surface area (Å²) in [6.07, 6.45) is 1.84. The van der Waals surface area contributed by atoms with Crippen molar-refractivity contribution in [1.29, 1.82) is 0 Å². The predicted octanol–water partition coefficient (Wildman–Crippen LogP) is 3.64. The molecule has 1 aromatic carbocycles. The third-order valence-electron chi connectivity index (χ3n) is 4.60. The van der Waals surface area contributed by atoms with Gasteiger partial charge in [0.2, 0.25) is 0 Å². The highest BCUT2D eigenvalue weighted by Gasteiger charge is 2.53. The molecule has 0 radical (unpaired) electrons. The maximum Gasteiger partial charge on any atom is 0.147 e. The molecule has 0 bridgehead atoms. The van der Waals surface area contributed by atoms with Crippen molar-refractivity contribution in [3.63, 3.8) is 0 Å². The number of fused-ring (bicyclic) bond motifs is 1. The maximum atomic E-state index is 6.24. The summed E-state index contributed by atoms with van der Waals surface area (Å²) in [5, 5.41) is 1.95. The minimum absolute atomic E-state index is 0.389. The standard InChI is InChI=1S/C16H16Cl2N4S/c1-8-16(23-12-4-2-3-11(17)14(12)18)20-5-13(21-8)22-6-9-10(7-22)15(9)19/h2-5,9-10,15H,6-7,19H2,1H3/t9-,10+,15?. The lowest BCUT2D eigenvalue weighted by Crippen LogP contribution is -2.28. The number of rotatable bonds is 3. The van der Waals surface area contributed by atoms with Crippen LogP contribution in [0.1, 0.15) is 5.69 Å². The van der Waals surface area contributed by atoms with Crippen LogP contribution >= 0.6 is 35.0 Å². The van der Waals surface area contributed by atoms with Crippen LogP contribution in [0.25, 0.3) is 0 Å². The van der Waals surface area contributed by atoms with E-state index in [-0.39, 0.29) is 0 Å². The van der Waals surface area contributed by atoms with E-state index in [1.54, 1.807) is 6.07 Å². The van der Waals surface area contributed by atoms with Crippen LogP contribution in [0, 0.1) is 18.8 Å². The third-order valence-corrected chi connectivity index (χ3v) is 6.68. The minimum atomic E-state index is 0.389. The minimum Gasteiger partial charge on any atom is -0.355 e. The molecule has 2 fully saturated rings. The average molecular weight is 367 g/mol. The van der Waals surface area contributed by atoms with Crippen molar-refractivity contribution < 1.29 is 0 Å². The molecule has 0 spiro atoms. The van der Waals surface area contributed by atoms with E-state index in [2.05, 4.69) is 9.88 Å². The van der Waals surface area contributed by atoms with E-state index in [4.69, 9.17) is 33.9 Å². The van der Waals surface area contributed by atoms with Gasteiger partial charge in [0.25, 0.3) is 0 Å². The van der Waals surface area contributed by atoms with Gasteiger partial charge in [-0.15, -0.1) is 0 Å². The van der Waals surface area contributed by atoms with Crippen molar-refractivity contribution >= 4 is 40.8 Å². The molecule has 23 heavy (non-hydrogen) atoms. The Morgan fingerprint density at radius 3 is 2.70 bits per heavy atom. The average Bonchev–Trinajstić information content (AvgIpc) is 2.96. The fourth-order valence-electron chi connectivity index (χ4n) is 3.14. The second-order valence-electron chi connectivity index (χ2n) is 6.08. The zero-order valence-corrected chi connectivity index (χ0v) is 14.9. The van der Waals surface area contributed by atoms with Gasteiger partial charge in [0.05, 0.1) is 21.9 Å². The Morgan fingerprint density at radius 1 is 1.26 bits per heavy atom. The van der Waals surface area contributed by atoms with E-state index in [0.29, 0.717) is 27.9 Å². The zero-order chi connectivity index (χ0) is 16.1. The Hall–Kier alpha value is -1.01. The van der Waals surface area contributed by atoms with Crippen molar-refractivity contribution in [1.82, 2.24) is 9.97 Å². The van der Waals surface area contributed by atoms with Gasteiger partial charge in [-0.1, -0.05) is 41.0 Å². The zero-order valence-electron chi connectivity index (χ0n) is 12.5. The number of nitrogens with zero attached hydrogens (tertiary/aromatic N) is 3. The Labute approximate surface area is 149 Å². The van der Waals surface area contributed by atoms with Gasteiger partial charge in [0.15, 0.2) is 0 Å². The molecule has 7 heteroatoms. The first kappa shape index (κ1) is 15.5. The Kier molecular flexibility index (Phi) is 3.92. The highest BCUT2D eigenvalue weighted by Crippen LogP contribution is 2.45. The largest absolute Gasteiger partial charge is 0.355 e. The molecule has 1 aromatic heterocycles. The number of aromatic nitrogens is 2. The Balaban J connectivity index is 1.53. The normalized spacial score (nSPS) is 25.6. The molecule has 1 unspecified atom stereocenters. The highest BCUT2D eigenvalue weighted by molar-refractivity contribution is 7.99. The molecule has 0 amide bonds. The summed E-state index contributed by atoms with van der Waals surface area (Å²) in [6.45, 7) is 3.96. The Morgan fingerprint density at radius 2 is 2.00 bits per heavy atom. The van der Waals surface area contributed by atoms with Crippen molar-refractivity contribution in [2.24, 2.45) is 17.6 Å². The van der Waals surface area contributed by atoms with Crippen LogP contribution in [-0.4, -0.2) is 29.1 Å². The predicted molar refractivity (Wildman–Crippen MR) is 94.5 cm³/mol. The number of nitrogens with two attached hydrogens (primary N) is 1. The number of hydrogen-bond donors (Lipinski definition) is 1. The molecular formula is C16H16Cl2N4S. The van der Waals surface area contributed by atoms with Crippen LogP contribution in [0.15, 0.2) is 34.3 Å². The topological polar surface area (TPSA) is 55.0 Å². The van der Waals surface area contributed by atoms with Crippen LogP contribution < -0.4 is 10.6 Å². The van der Waals surface area contributed by atoms with Gasteiger partial charge in [-0.05, 0) is 30.9 Å². The summed E-state index contributed by atoms with van der Waals surface area (Å²) in [6, 6.07) is 5.98. The second kappa shape index (κ2) is 5.81. The fourth-order valence-corrected chi connectivity index (χ4v) is 4.46. The number of piperidine rings is 1. The van der Waals surface area contributed by atoms with Gasteiger partial charge in [-0.2, -0.15) is 0 Å². The molecule has 2 aromatic rings. The van der Waals surface area contributed by atoms with E-state index < -0.39 is 0 Å². The molecule has 4 rings (SSSR count). The van der Waals surface area contributed by atoms with Crippen LogP contribution in [0.5, 0.6) is 0 Å². The number of benzene rings is 1. The van der Waals surface area contributed by atoms with Crippen LogP contribution in [-0.2, 0) is 0 Å². The van der Waals surface area contributed by atoms with Crippen molar-refractivity contribution in [3.8, 4) is 0 Å². The number of hydrogen-bond acceptors (Lipinski definition) is 5. The van der Waals surface area contributed by atoms with Crippen LogP contribution in [0.3, 0.4) is 0 Å². The van der Waals surface area contributed by atoms with E-state index >= 15 is 0 Å². The second-order valence-corrected chi connectivity index (χ2v) is 7.90. The lowest BCUT2D eigenvalue weighted by Gasteiger charge is -2.20. The van der Waals surface area contributed by atoms with E-state index in [9.17, 15) is 0 Å². The fraction of sp³-hybridized carbons (Fsp3) is 0.375. The van der Waals surface area contributed by atoms with E-state index in [0.717, 1.165) is 34.5 Å². The first-order valence-corrected chi connectivity index (χ1v) is 9.08. The highest BCUT2D eigenvalue weighted by atomic mass is 35.5. The molecule has 2 aliphatic rings. The maximum absolute atomic E-state index is 6.24. The van der Waals surface area contributed by atoms with Gasteiger partial charge < -0.3 is 10.6 Å². The summed E-state index contributed by atoms with van der Waals surface area (Å²) in [4.78, 5) is 12.4. The molecule has 4 nitrogen and oxygen atoms in total. The summed E-state index contributed by atoms with van der Waals surface area (Å²) in [7, 11) is 0. The van der Waals surface area contributed by atoms with Gasteiger partial charge in [0, 0.05) is 24.0 Å². The molecule has 2 heterocycles. The molecule has 2 N–H and O–H groups in total. The quantitative estimate of drug-likeness (QED) is 0.898. The summed E-state index contributed by atoms with van der Waals surface area (Å²) < 4.78 is 0. The lowest BCUT2D eigenvalue weighted by molar-refractivity contribution is 0.729. The van der Waals surface area contributed by atoms with Crippen molar-refractivity contribution in [2.75, 3.05) is 18.0 Å². The van der Waals surface area contributed by atoms with Gasteiger partial charge >= 0.3 is 0 Å². The van der Waals surface area contributed by atoms with Crippen LogP contribution in [0.4, 0.5) is 5.82 Å². The monoisotopic (exact) mass is 366 g/mol. The Bertz CT molecular complexity index is 758. The molecule has 120 valence electrons. The van der Waals surface area contributed by atoms with Crippen molar-refractivity contribution in [2.45, 2.75) is 22.9 Å². The first-order chi connectivity index (χ1) is 11.0. The summed E-state index contributed by atoms with van der Waals surface area (Å²) in [5.41, 5.74) is 6.89. The molecule has 1 saturated heterocycles. The SMILES string of the molecule is Cc1nc(N2C[C@@H]3C(N)[C@@H]3C2)cnc1Sc1cccc(Cl)c1Cl. The molecule has 1 saturated carbocycles. The van der Waals surface area contributed by atoms with E-state index in [1.165, 1.54) is 11.8 Å². The first-order valence-electron chi connectivity index (χ1n) is 7.50.